The molecule has 0 aliphatic carbocycles. The lowest BCUT2D eigenvalue weighted by atomic mass is 10.0. The molecule has 6 nitrogen and oxygen atoms in total. The Morgan fingerprint density at radius 3 is 3.13 bits per heavy atom. The molecule has 0 spiro atoms. The summed E-state index contributed by atoms with van der Waals surface area (Å²) >= 11 is 0. The van der Waals surface area contributed by atoms with E-state index in [9.17, 15) is 4.79 Å². The minimum absolute atomic E-state index is 0.267. The van der Waals surface area contributed by atoms with Crippen molar-refractivity contribution in [1.29, 1.82) is 0 Å². The fourth-order valence-electron chi connectivity index (χ4n) is 1.56. The Bertz CT molecular complexity index is 422. The van der Waals surface area contributed by atoms with Crippen molar-refractivity contribution >= 4 is 5.97 Å². The van der Waals surface area contributed by atoms with Crippen molar-refractivity contribution in [2.45, 2.75) is 26.8 Å². The summed E-state index contributed by atoms with van der Waals surface area (Å²) in [6.07, 6.45) is 0.612. The molecule has 0 atom stereocenters. The van der Waals surface area contributed by atoms with E-state index in [2.05, 4.69) is 15.5 Å². The Balaban J connectivity index is 2.23. The number of allylic oxidation sites excluding steroid dienone is 1. The third-order valence-electron chi connectivity index (χ3n) is 2.37. The van der Waals surface area contributed by atoms with Crippen LogP contribution in [0.15, 0.2) is 11.1 Å². The highest BCUT2D eigenvalue weighted by molar-refractivity contribution is 5.89. The topological polar surface area (TPSA) is 69.9 Å². The molecule has 0 radical (unpaired) electrons. The predicted octanol–water partition coefficient (Wildman–Crippen LogP) is 0.109. The number of nitrogens with zero attached hydrogens (tertiary/aromatic N) is 4. The van der Waals surface area contributed by atoms with E-state index in [1.54, 1.807) is 11.6 Å². The van der Waals surface area contributed by atoms with Crippen LogP contribution in [0.25, 0.3) is 0 Å². The molecule has 0 bridgehead atoms. The van der Waals surface area contributed by atoms with Gasteiger partial charge in [0, 0.05) is 6.42 Å². The van der Waals surface area contributed by atoms with Gasteiger partial charge in [-0.1, -0.05) is 5.57 Å². The van der Waals surface area contributed by atoms with Crippen LogP contribution in [0, 0.1) is 0 Å². The van der Waals surface area contributed by atoms with Gasteiger partial charge in [-0.2, -0.15) is 0 Å². The van der Waals surface area contributed by atoms with Gasteiger partial charge >= 0.3 is 5.97 Å². The normalized spacial score (nSPS) is 15.1. The Kier molecular flexibility index (Phi) is 2.49. The van der Waals surface area contributed by atoms with Crippen LogP contribution >= 0.6 is 0 Å². The van der Waals surface area contributed by atoms with E-state index in [0.717, 1.165) is 11.4 Å². The van der Waals surface area contributed by atoms with Gasteiger partial charge in [0.1, 0.15) is 0 Å². The van der Waals surface area contributed by atoms with E-state index in [0.29, 0.717) is 25.1 Å². The van der Waals surface area contributed by atoms with Gasteiger partial charge in [-0.05, 0) is 24.3 Å². The van der Waals surface area contributed by atoms with Crippen LogP contribution in [0.1, 0.15) is 19.7 Å². The second-order valence-electron chi connectivity index (χ2n) is 3.41. The molecule has 6 heteroatoms. The summed E-state index contributed by atoms with van der Waals surface area (Å²) in [5.74, 6) is 0.525. The molecular weight excluding hydrogens is 196 g/mol. The Morgan fingerprint density at radius 1 is 1.60 bits per heavy atom. The van der Waals surface area contributed by atoms with E-state index >= 15 is 0 Å². The highest BCUT2D eigenvalue weighted by atomic mass is 16.5. The van der Waals surface area contributed by atoms with E-state index in [-0.39, 0.29) is 5.97 Å². The molecule has 2 heterocycles. The zero-order chi connectivity index (χ0) is 10.8. The van der Waals surface area contributed by atoms with E-state index in [1.165, 1.54) is 0 Å². The molecule has 0 N–H and O–H groups in total. The average Bonchev–Trinajstić information content (AvgIpc) is 2.63. The second-order valence-corrected chi connectivity index (χ2v) is 3.41. The van der Waals surface area contributed by atoms with Crippen molar-refractivity contribution in [2.24, 2.45) is 0 Å². The number of aromatic nitrogens is 4. The van der Waals surface area contributed by atoms with E-state index in [4.69, 9.17) is 4.74 Å². The smallest absolute Gasteiger partial charge is 0.335 e. The summed E-state index contributed by atoms with van der Waals surface area (Å²) < 4.78 is 6.59. The summed E-state index contributed by atoms with van der Waals surface area (Å²) in [5.41, 5.74) is 1.65. The number of rotatable bonds is 2. The SMILES string of the molecule is CCOC(=O)C1=C(C)Cc2nnnn2C1. The van der Waals surface area contributed by atoms with E-state index < -0.39 is 0 Å². The Morgan fingerprint density at radius 2 is 2.40 bits per heavy atom. The highest BCUT2D eigenvalue weighted by Crippen LogP contribution is 2.18. The predicted molar refractivity (Wildman–Crippen MR) is 50.9 cm³/mol. The van der Waals surface area contributed by atoms with Crippen molar-refractivity contribution in [1.82, 2.24) is 20.2 Å². The van der Waals surface area contributed by atoms with Gasteiger partial charge in [0.05, 0.1) is 18.7 Å². The van der Waals surface area contributed by atoms with Gasteiger partial charge in [0.25, 0.3) is 0 Å². The average molecular weight is 208 g/mol. The van der Waals surface area contributed by atoms with Crippen LogP contribution < -0.4 is 0 Å². The number of carbonyl (C=O) groups excluding carboxylic acids is 1. The lowest BCUT2D eigenvalue weighted by Crippen LogP contribution is -2.22. The Labute approximate surface area is 86.9 Å². The first kappa shape index (κ1) is 9.82. The molecule has 0 unspecified atom stereocenters. The molecule has 1 aliphatic rings. The molecule has 15 heavy (non-hydrogen) atoms. The molecule has 1 aromatic rings. The molecule has 80 valence electrons. The lowest BCUT2D eigenvalue weighted by Gasteiger charge is -2.16. The van der Waals surface area contributed by atoms with Crippen LogP contribution in [0.5, 0.6) is 0 Å². The number of hydrogen-bond acceptors (Lipinski definition) is 5. The zero-order valence-corrected chi connectivity index (χ0v) is 8.73. The van der Waals surface area contributed by atoms with Crippen LogP contribution in [0.2, 0.25) is 0 Å². The molecule has 2 rings (SSSR count). The molecule has 0 saturated carbocycles. The molecule has 1 aliphatic heterocycles. The van der Waals surface area contributed by atoms with Crippen molar-refractivity contribution in [3.8, 4) is 0 Å². The Hall–Kier alpha value is -1.72. The maximum absolute atomic E-state index is 11.6. The minimum atomic E-state index is -0.267. The fraction of sp³-hybridized carbons (Fsp3) is 0.556. The fourth-order valence-corrected chi connectivity index (χ4v) is 1.56. The number of carbonyl (C=O) groups is 1. The first-order valence-electron chi connectivity index (χ1n) is 4.83. The third-order valence-corrected chi connectivity index (χ3v) is 2.37. The third kappa shape index (κ3) is 1.74. The summed E-state index contributed by atoms with van der Waals surface area (Å²) in [6.45, 7) is 4.49. The number of hydrogen-bond donors (Lipinski definition) is 0. The first-order chi connectivity index (χ1) is 7.22. The zero-order valence-electron chi connectivity index (χ0n) is 8.73. The van der Waals surface area contributed by atoms with Gasteiger partial charge in [-0.25, -0.2) is 9.48 Å². The van der Waals surface area contributed by atoms with Gasteiger partial charge in [0.15, 0.2) is 5.82 Å². The summed E-state index contributed by atoms with van der Waals surface area (Å²) in [4.78, 5) is 11.6. The van der Waals surface area contributed by atoms with Crippen LogP contribution in [-0.4, -0.2) is 32.8 Å². The van der Waals surface area contributed by atoms with Gasteiger partial charge in [0.2, 0.25) is 0 Å². The molecule has 0 saturated heterocycles. The number of ether oxygens (including phenoxy) is 1. The molecule has 0 amide bonds. The van der Waals surface area contributed by atoms with Crippen LogP contribution in [0.4, 0.5) is 0 Å². The van der Waals surface area contributed by atoms with Crippen LogP contribution in [0.3, 0.4) is 0 Å². The monoisotopic (exact) mass is 208 g/mol. The van der Waals surface area contributed by atoms with Gasteiger partial charge < -0.3 is 4.74 Å². The van der Waals surface area contributed by atoms with E-state index in [1.807, 2.05) is 6.92 Å². The van der Waals surface area contributed by atoms with Crippen LogP contribution in [-0.2, 0) is 22.5 Å². The molecule has 0 fully saturated rings. The standard InChI is InChI=1S/C9H12N4O2/c1-3-15-9(14)7-5-13-8(4-6(7)2)10-11-12-13/h3-5H2,1-2H3. The lowest BCUT2D eigenvalue weighted by molar-refractivity contribution is -0.138. The number of tetrazole rings is 1. The first-order valence-corrected chi connectivity index (χ1v) is 4.83. The second kappa shape index (κ2) is 3.80. The van der Waals surface area contributed by atoms with Crippen molar-refractivity contribution in [3.05, 3.63) is 17.0 Å². The van der Waals surface area contributed by atoms with Crippen molar-refractivity contribution in [2.75, 3.05) is 6.61 Å². The maximum Gasteiger partial charge on any atom is 0.335 e. The highest BCUT2D eigenvalue weighted by Gasteiger charge is 2.23. The number of fused-ring (bicyclic) bond motifs is 1. The largest absolute Gasteiger partial charge is 0.463 e. The number of esters is 1. The molecule has 1 aromatic heterocycles. The van der Waals surface area contributed by atoms with Crippen molar-refractivity contribution in [3.63, 3.8) is 0 Å². The molecule has 0 aromatic carbocycles. The van der Waals surface area contributed by atoms with Gasteiger partial charge in [-0.15, -0.1) is 5.10 Å². The van der Waals surface area contributed by atoms with Crippen molar-refractivity contribution < 1.29 is 9.53 Å². The minimum Gasteiger partial charge on any atom is -0.463 e. The van der Waals surface area contributed by atoms with Gasteiger partial charge in [-0.3, -0.25) is 0 Å². The summed E-state index contributed by atoms with van der Waals surface area (Å²) in [5, 5.41) is 11.2. The summed E-state index contributed by atoms with van der Waals surface area (Å²) in [6, 6.07) is 0. The summed E-state index contributed by atoms with van der Waals surface area (Å²) in [7, 11) is 0. The quantitative estimate of drug-likeness (QED) is 0.645. The molecular formula is C9H12N4O2. The maximum atomic E-state index is 11.6.